The van der Waals surface area contributed by atoms with Crippen molar-refractivity contribution in [3.05, 3.63) is 34.3 Å². The Morgan fingerprint density at radius 2 is 2.23 bits per heavy atom. The van der Waals surface area contributed by atoms with E-state index in [2.05, 4.69) is 10.3 Å². The number of hydrogen-bond acceptors (Lipinski definition) is 5. The number of thiophene rings is 1. The van der Waals surface area contributed by atoms with Gasteiger partial charge < -0.3 is 10.0 Å². The number of hydrogen-bond donors (Lipinski definition) is 1. The fourth-order valence-corrected chi connectivity index (χ4v) is 2.72. The molecule has 0 aliphatic heterocycles. The lowest BCUT2D eigenvalue weighted by Crippen LogP contribution is -2.38. The second kappa shape index (κ2) is 7.17. The molecule has 0 unspecified atom stereocenters. The summed E-state index contributed by atoms with van der Waals surface area (Å²) < 4.78 is 1.58. The molecule has 2 heterocycles. The van der Waals surface area contributed by atoms with Crippen LogP contribution in [0.1, 0.15) is 29.2 Å². The van der Waals surface area contributed by atoms with E-state index in [0.717, 1.165) is 4.88 Å². The normalized spacial score (nSPS) is 10.9. The Kier molecular flexibility index (Phi) is 5.26. The number of rotatable bonds is 7. The lowest BCUT2D eigenvalue weighted by molar-refractivity contribution is -0.137. The first-order valence-corrected chi connectivity index (χ1v) is 7.77. The molecule has 0 fully saturated rings. The van der Waals surface area contributed by atoms with Crippen LogP contribution in [0.15, 0.2) is 23.7 Å². The largest absolute Gasteiger partial charge is 0.480 e. The van der Waals surface area contributed by atoms with Gasteiger partial charge in [-0.25, -0.2) is 4.68 Å². The maximum atomic E-state index is 12.4. The first-order chi connectivity index (χ1) is 10.5. The Bertz CT molecular complexity index is 636. The molecule has 8 heteroatoms. The van der Waals surface area contributed by atoms with Gasteiger partial charge in [0, 0.05) is 11.4 Å². The van der Waals surface area contributed by atoms with E-state index in [-0.39, 0.29) is 18.2 Å². The van der Waals surface area contributed by atoms with Crippen LogP contribution in [0.2, 0.25) is 0 Å². The van der Waals surface area contributed by atoms with Crippen molar-refractivity contribution in [2.24, 2.45) is 5.92 Å². The van der Waals surface area contributed by atoms with Gasteiger partial charge in [-0.1, -0.05) is 25.1 Å². The standard InChI is InChI=1S/C14H18N4O3S/c1-10(2)6-17(9-13(19)20)14(21)12-8-18(16-15-12)7-11-4-3-5-22-11/h3-5,8,10H,6-7,9H2,1-2H3,(H,19,20). The molecule has 0 radical (unpaired) electrons. The van der Waals surface area contributed by atoms with Crippen LogP contribution in [-0.2, 0) is 11.3 Å². The average Bonchev–Trinajstić information content (AvgIpc) is 3.08. The molecule has 1 N–H and O–H groups in total. The van der Waals surface area contributed by atoms with Gasteiger partial charge in [0.25, 0.3) is 5.91 Å². The lowest BCUT2D eigenvalue weighted by atomic mass is 10.2. The third-order valence-corrected chi connectivity index (χ3v) is 3.72. The molecule has 0 spiro atoms. The number of carbonyl (C=O) groups excluding carboxylic acids is 1. The smallest absolute Gasteiger partial charge is 0.323 e. The van der Waals surface area contributed by atoms with Crippen LogP contribution in [0, 0.1) is 5.92 Å². The zero-order valence-corrected chi connectivity index (χ0v) is 13.3. The van der Waals surface area contributed by atoms with Gasteiger partial charge in [-0.05, 0) is 17.4 Å². The van der Waals surface area contributed by atoms with Crippen molar-refractivity contribution in [1.82, 2.24) is 19.9 Å². The predicted molar refractivity (Wildman–Crippen MR) is 81.8 cm³/mol. The van der Waals surface area contributed by atoms with Gasteiger partial charge >= 0.3 is 5.97 Å². The second-order valence-corrected chi connectivity index (χ2v) is 6.39. The highest BCUT2D eigenvalue weighted by atomic mass is 32.1. The van der Waals surface area contributed by atoms with Crippen LogP contribution in [0.4, 0.5) is 0 Å². The summed E-state index contributed by atoms with van der Waals surface area (Å²) in [5, 5.41) is 18.7. The van der Waals surface area contributed by atoms with Gasteiger partial charge in [-0.2, -0.15) is 0 Å². The van der Waals surface area contributed by atoms with Crippen LogP contribution in [0.25, 0.3) is 0 Å². The minimum atomic E-state index is -1.04. The van der Waals surface area contributed by atoms with Crippen LogP contribution in [0.5, 0.6) is 0 Å². The SMILES string of the molecule is CC(C)CN(CC(=O)O)C(=O)c1cn(Cc2cccs2)nn1. The van der Waals surface area contributed by atoms with E-state index >= 15 is 0 Å². The molecule has 0 saturated carbocycles. The van der Waals surface area contributed by atoms with Crippen molar-refractivity contribution < 1.29 is 14.7 Å². The maximum Gasteiger partial charge on any atom is 0.323 e. The summed E-state index contributed by atoms with van der Waals surface area (Å²) in [6.45, 7) is 4.42. The summed E-state index contributed by atoms with van der Waals surface area (Å²) in [7, 11) is 0. The highest BCUT2D eigenvalue weighted by Gasteiger charge is 2.22. The van der Waals surface area contributed by atoms with Gasteiger partial charge in [-0.15, -0.1) is 16.4 Å². The second-order valence-electron chi connectivity index (χ2n) is 5.35. The van der Waals surface area contributed by atoms with E-state index in [0.29, 0.717) is 13.1 Å². The minimum Gasteiger partial charge on any atom is -0.480 e. The Morgan fingerprint density at radius 1 is 1.45 bits per heavy atom. The van der Waals surface area contributed by atoms with Crippen molar-refractivity contribution in [2.75, 3.05) is 13.1 Å². The Balaban J connectivity index is 2.09. The van der Waals surface area contributed by atoms with Crippen LogP contribution in [-0.4, -0.2) is 50.0 Å². The predicted octanol–water partition coefficient (Wildman–Crippen LogP) is 1.57. The Hall–Kier alpha value is -2.22. The summed E-state index contributed by atoms with van der Waals surface area (Å²) in [6.07, 6.45) is 1.55. The molecule has 7 nitrogen and oxygen atoms in total. The van der Waals surface area contributed by atoms with Crippen molar-refractivity contribution in [3.63, 3.8) is 0 Å². The molecule has 2 aromatic rings. The fraction of sp³-hybridized carbons (Fsp3) is 0.429. The maximum absolute atomic E-state index is 12.4. The lowest BCUT2D eigenvalue weighted by Gasteiger charge is -2.21. The number of carboxylic acids is 1. The Morgan fingerprint density at radius 3 is 2.82 bits per heavy atom. The molecule has 0 aromatic carbocycles. The molecular formula is C14H18N4O3S. The summed E-state index contributed by atoms with van der Waals surface area (Å²) in [5.74, 6) is -1.28. The van der Waals surface area contributed by atoms with E-state index < -0.39 is 11.9 Å². The van der Waals surface area contributed by atoms with Crippen LogP contribution in [0.3, 0.4) is 0 Å². The number of carboxylic acid groups (broad SMARTS) is 1. The number of amides is 1. The molecule has 118 valence electrons. The van der Waals surface area contributed by atoms with E-state index in [4.69, 9.17) is 5.11 Å². The molecule has 2 aromatic heterocycles. The van der Waals surface area contributed by atoms with E-state index in [9.17, 15) is 9.59 Å². The van der Waals surface area contributed by atoms with E-state index in [1.165, 1.54) is 4.90 Å². The number of aliphatic carboxylic acids is 1. The quantitative estimate of drug-likeness (QED) is 0.836. The summed E-state index contributed by atoms with van der Waals surface area (Å²) in [5.41, 5.74) is 0.165. The molecule has 0 bridgehead atoms. The monoisotopic (exact) mass is 322 g/mol. The molecule has 2 rings (SSSR count). The topological polar surface area (TPSA) is 88.3 Å². The zero-order chi connectivity index (χ0) is 16.1. The number of aromatic nitrogens is 3. The van der Waals surface area contributed by atoms with Crippen LogP contribution >= 0.6 is 11.3 Å². The average molecular weight is 322 g/mol. The Labute approximate surface area is 132 Å². The fourth-order valence-electron chi connectivity index (χ4n) is 2.02. The van der Waals surface area contributed by atoms with Gasteiger partial charge in [0.15, 0.2) is 5.69 Å². The molecule has 22 heavy (non-hydrogen) atoms. The molecule has 0 aliphatic carbocycles. The molecule has 0 atom stereocenters. The van der Waals surface area contributed by atoms with Crippen molar-refractivity contribution in [1.29, 1.82) is 0 Å². The first-order valence-electron chi connectivity index (χ1n) is 6.89. The minimum absolute atomic E-state index is 0.165. The first kappa shape index (κ1) is 16.2. The highest BCUT2D eigenvalue weighted by molar-refractivity contribution is 7.09. The highest BCUT2D eigenvalue weighted by Crippen LogP contribution is 2.11. The van der Waals surface area contributed by atoms with Gasteiger partial charge in [0.05, 0.1) is 12.7 Å². The number of nitrogens with zero attached hydrogens (tertiary/aromatic N) is 4. The third-order valence-electron chi connectivity index (χ3n) is 2.85. The summed E-state index contributed by atoms with van der Waals surface area (Å²) >= 11 is 1.60. The summed E-state index contributed by atoms with van der Waals surface area (Å²) in [4.78, 5) is 25.7. The van der Waals surface area contributed by atoms with Crippen LogP contribution < -0.4 is 0 Å². The number of carbonyl (C=O) groups is 2. The van der Waals surface area contributed by atoms with Gasteiger partial charge in [0.2, 0.25) is 0 Å². The summed E-state index contributed by atoms with van der Waals surface area (Å²) in [6, 6.07) is 3.92. The van der Waals surface area contributed by atoms with E-state index in [1.54, 1.807) is 22.2 Å². The van der Waals surface area contributed by atoms with Gasteiger partial charge in [-0.3, -0.25) is 9.59 Å². The van der Waals surface area contributed by atoms with E-state index in [1.807, 2.05) is 31.4 Å². The van der Waals surface area contributed by atoms with Crippen molar-refractivity contribution >= 4 is 23.2 Å². The zero-order valence-electron chi connectivity index (χ0n) is 12.5. The third kappa shape index (κ3) is 4.39. The molecule has 0 saturated heterocycles. The molecule has 1 amide bonds. The molecule has 0 aliphatic rings. The van der Waals surface area contributed by atoms with Gasteiger partial charge in [0.1, 0.15) is 6.54 Å². The van der Waals surface area contributed by atoms with Crippen molar-refractivity contribution in [2.45, 2.75) is 20.4 Å². The molecular weight excluding hydrogens is 304 g/mol. The van der Waals surface area contributed by atoms with Crippen molar-refractivity contribution in [3.8, 4) is 0 Å².